The van der Waals surface area contributed by atoms with Gasteiger partial charge >= 0.3 is 5.97 Å². The molecule has 0 unspecified atom stereocenters. The second-order valence-corrected chi connectivity index (χ2v) is 4.65. The highest BCUT2D eigenvalue weighted by atomic mass is 32.1. The molecule has 0 radical (unpaired) electrons. The van der Waals surface area contributed by atoms with Gasteiger partial charge in [0.25, 0.3) is 0 Å². The molecule has 0 amide bonds. The Morgan fingerprint density at radius 3 is 2.94 bits per heavy atom. The summed E-state index contributed by atoms with van der Waals surface area (Å²) in [5.41, 5.74) is 5.99. The molecule has 0 bridgehead atoms. The minimum atomic E-state index is -1.28. The number of nitrogens with two attached hydrogens (primary N) is 1. The summed E-state index contributed by atoms with van der Waals surface area (Å²) in [5.74, 6) is -1.66. The van der Waals surface area contributed by atoms with E-state index in [2.05, 4.69) is 4.98 Å². The average molecular weight is 262 g/mol. The Balaban J connectivity index is 2.52. The molecule has 0 aliphatic heterocycles. The number of benzene rings is 1. The van der Waals surface area contributed by atoms with Crippen LogP contribution in [0.25, 0.3) is 21.2 Å². The van der Waals surface area contributed by atoms with Crippen LogP contribution in [-0.4, -0.2) is 16.1 Å². The Bertz CT molecular complexity index is 849. The summed E-state index contributed by atoms with van der Waals surface area (Å²) in [5, 5.41) is 9.48. The van der Waals surface area contributed by atoms with Gasteiger partial charge in [-0.3, -0.25) is 4.79 Å². The van der Waals surface area contributed by atoms with Gasteiger partial charge in [0.2, 0.25) is 5.76 Å². The molecule has 0 fully saturated rings. The van der Waals surface area contributed by atoms with Gasteiger partial charge in [0.15, 0.2) is 10.6 Å². The number of rotatable bonds is 1. The van der Waals surface area contributed by atoms with Crippen molar-refractivity contribution in [2.24, 2.45) is 0 Å². The van der Waals surface area contributed by atoms with Crippen LogP contribution < -0.4 is 11.2 Å². The van der Waals surface area contributed by atoms with Gasteiger partial charge in [0, 0.05) is 6.07 Å². The first-order valence-electron chi connectivity index (χ1n) is 4.92. The van der Waals surface area contributed by atoms with Crippen LogP contribution in [0.15, 0.2) is 27.4 Å². The molecule has 0 aliphatic rings. The molecule has 0 saturated heterocycles. The topological polar surface area (TPSA) is 106 Å². The number of carboxylic acid groups (broad SMARTS) is 1. The van der Waals surface area contributed by atoms with Crippen molar-refractivity contribution in [3.63, 3.8) is 0 Å². The van der Waals surface area contributed by atoms with Gasteiger partial charge in [0.05, 0.1) is 15.6 Å². The summed E-state index contributed by atoms with van der Waals surface area (Å²) in [6.45, 7) is 0. The van der Waals surface area contributed by atoms with E-state index in [9.17, 15) is 9.59 Å². The minimum absolute atomic E-state index is 0.219. The number of carboxylic acids is 1. The van der Waals surface area contributed by atoms with Gasteiger partial charge in [-0.2, -0.15) is 0 Å². The van der Waals surface area contributed by atoms with Crippen LogP contribution in [0.2, 0.25) is 0 Å². The highest BCUT2D eigenvalue weighted by Crippen LogP contribution is 2.29. The third-order valence-electron chi connectivity index (χ3n) is 2.48. The molecule has 0 aliphatic carbocycles. The van der Waals surface area contributed by atoms with Crippen molar-refractivity contribution in [1.82, 2.24) is 4.98 Å². The fourth-order valence-electron chi connectivity index (χ4n) is 1.75. The third-order valence-corrected chi connectivity index (χ3v) is 3.39. The highest BCUT2D eigenvalue weighted by Gasteiger charge is 2.14. The molecule has 3 aromatic rings. The highest BCUT2D eigenvalue weighted by molar-refractivity contribution is 7.22. The molecular formula is C11H6N2O4S. The Labute approximate surface area is 103 Å². The van der Waals surface area contributed by atoms with E-state index < -0.39 is 11.4 Å². The zero-order valence-corrected chi connectivity index (χ0v) is 9.65. The van der Waals surface area contributed by atoms with Crippen LogP contribution in [0, 0.1) is 0 Å². The lowest BCUT2D eigenvalue weighted by atomic mass is 10.2. The number of fused-ring (bicyclic) bond motifs is 3. The summed E-state index contributed by atoms with van der Waals surface area (Å²) >= 11 is 1.17. The number of hydrogen-bond donors (Lipinski definition) is 2. The van der Waals surface area contributed by atoms with Gasteiger partial charge < -0.3 is 15.3 Å². The van der Waals surface area contributed by atoms with E-state index in [1.54, 1.807) is 6.07 Å². The smallest absolute Gasteiger partial charge is 0.371 e. The summed E-state index contributed by atoms with van der Waals surface area (Å²) in [6.07, 6.45) is 0. The monoisotopic (exact) mass is 262 g/mol. The predicted octanol–water partition coefficient (Wildman–Crippen LogP) is 1.68. The predicted molar refractivity (Wildman–Crippen MR) is 67.0 cm³/mol. The van der Waals surface area contributed by atoms with Gasteiger partial charge in [-0.15, -0.1) is 0 Å². The van der Waals surface area contributed by atoms with E-state index in [0.29, 0.717) is 20.7 Å². The van der Waals surface area contributed by atoms with Crippen molar-refractivity contribution >= 4 is 43.6 Å². The van der Waals surface area contributed by atoms with Crippen molar-refractivity contribution in [2.45, 2.75) is 0 Å². The van der Waals surface area contributed by atoms with Gasteiger partial charge in [-0.1, -0.05) is 11.3 Å². The maximum absolute atomic E-state index is 11.9. The summed E-state index contributed by atoms with van der Waals surface area (Å²) in [6, 6.07) is 4.11. The van der Waals surface area contributed by atoms with Crippen molar-refractivity contribution in [3.05, 3.63) is 34.2 Å². The number of nitrogen functional groups attached to an aromatic ring is 1. The zero-order valence-electron chi connectivity index (χ0n) is 8.84. The first-order chi connectivity index (χ1) is 8.56. The largest absolute Gasteiger partial charge is 0.475 e. The van der Waals surface area contributed by atoms with E-state index in [-0.39, 0.29) is 11.3 Å². The summed E-state index contributed by atoms with van der Waals surface area (Å²) < 4.78 is 5.77. The van der Waals surface area contributed by atoms with E-state index >= 15 is 0 Å². The fourth-order valence-corrected chi connectivity index (χ4v) is 2.63. The Hall–Kier alpha value is -2.41. The average Bonchev–Trinajstić information content (AvgIpc) is 2.68. The number of carbonyl (C=O) groups is 1. The van der Waals surface area contributed by atoms with Crippen LogP contribution in [0.1, 0.15) is 10.6 Å². The molecule has 7 heteroatoms. The minimum Gasteiger partial charge on any atom is -0.475 e. The Kier molecular flexibility index (Phi) is 2.11. The van der Waals surface area contributed by atoms with Crippen molar-refractivity contribution in [1.29, 1.82) is 0 Å². The summed E-state index contributed by atoms with van der Waals surface area (Å²) in [7, 11) is 0. The lowest BCUT2D eigenvalue weighted by Crippen LogP contribution is -2.06. The SMILES string of the molecule is Nc1nc2ccc3oc(C(=O)O)cc(=O)c3c2s1. The molecule has 2 aromatic heterocycles. The molecule has 0 spiro atoms. The molecule has 0 atom stereocenters. The van der Waals surface area contributed by atoms with Crippen LogP contribution in [0.5, 0.6) is 0 Å². The molecule has 2 heterocycles. The number of thiazole rings is 1. The molecule has 18 heavy (non-hydrogen) atoms. The molecule has 90 valence electrons. The zero-order chi connectivity index (χ0) is 12.9. The van der Waals surface area contributed by atoms with Crippen LogP contribution >= 0.6 is 11.3 Å². The quantitative estimate of drug-likeness (QED) is 0.691. The van der Waals surface area contributed by atoms with Gasteiger partial charge in [-0.05, 0) is 12.1 Å². The maximum Gasteiger partial charge on any atom is 0.371 e. The molecule has 1 aromatic carbocycles. The lowest BCUT2D eigenvalue weighted by Gasteiger charge is -1.99. The molecular weight excluding hydrogens is 256 g/mol. The Morgan fingerprint density at radius 2 is 2.22 bits per heavy atom. The first kappa shape index (κ1) is 10.7. The van der Waals surface area contributed by atoms with Crippen LogP contribution in [0.4, 0.5) is 5.13 Å². The second kappa shape index (κ2) is 3.54. The fraction of sp³-hybridized carbons (Fsp3) is 0. The lowest BCUT2D eigenvalue weighted by molar-refractivity contribution is 0.0663. The maximum atomic E-state index is 11.9. The van der Waals surface area contributed by atoms with E-state index in [1.165, 1.54) is 17.4 Å². The van der Waals surface area contributed by atoms with Crippen LogP contribution in [0.3, 0.4) is 0 Å². The number of anilines is 1. The van der Waals surface area contributed by atoms with E-state index in [0.717, 1.165) is 6.07 Å². The van der Waals surface area contributed by atoms with E-state index in [4.69, 9.17) is 15.3 Å². The number of aromatic carboxylic acids is 1. The van der Waals surface area contributed by atoms with Crippen molar-refractivity contribution in [3.8, 4) is 0 Å². The molecule has 3 N–H and O–H groups in total. The van der Waals surface area contributed by atoms with Gasteiger partial charge in [0.1, 0.15) is 5.58 Å². The first-order valence-corrected chi connectivity index (χ1v) is 5.74. The van der Waals surface area contributed by atoms with E-state index in [1.807, 2.05) is 0 Å². The number of nitrogens with zero attached hydrogens (tertiary/aromatic N) is 1. The van der Waals surface area contributed by atoms with Crippen molar-refractivity contribution < 1.29 is 14.3 Å². The third kappa shape index (κ3) is 1.45. The molecule has 0 saturated carbocycles. The second-order valence-electron chi connectivity index (χ2n) is 3.62. The number of hydrogen-bond acceptors (Lipinski definition) is 6. The van der Waals surface area contributed by atoms with Crippen molar-refractivity contribution in [2.75, 3.05) is 5.73 Å². The number of aromatic nitrogens is 1. The Morgan fingerprint density at radius 1 is 1.44 bits per heavy atom. The normalized spacial score (nSPS) is 11.1. The molecule has 3 rings (SSSR count). The standard InChI is InChI=1S/C11H6N2O4S/c12-11-13-4-1-2-6-8(9(4)18-11)5(14)3-7(17-6)10(15)16/h1-3H,(H2,12,13)(H,15,16). The van der Waals surface area contributed by atoms with Crippen LogP contribution in [-0.2, 0) is 0 Å². The summed E-state index contributed by atoms with van der Waals surface area (Å²) in [4.78, 5) is 26.8. The van der Waals surface area contributed by atoms with Gasteiger partial charge in [-0.25, -0.2) is 9.78 Å². The molecule has 6 nitrogen and oxygen atoms in total.